The Balaban J connectivity index is 1.74. The highest BCUT2D eigenvalue weighted by Crippen LogP contribution is 2.29. The summed E-state index contributed by atoms with van der Waals surface area (Å²) < 4.78 is 10.5. The second-order valence-corrected chi connectivity index (χ2v) is 6.30. The lowest BCUT2D eigenvalue weighted by Gasteiger charge is -2.24. The summed E-state index contributed by atoms with van der Waals surface area (Å²) in [7, 11) is 3.15. The van der Waals surface area contributed by atoms with E-state index in [1.54, 1.807) is 32.4 Å². The number of methoxy groups -OCH3 is 2. The fraction of sp³-hybridized carbons (Fsp3) is 0.174. The number of para-hydroxylation sites is 1. The third kappa shape index (κ3) is 5.04. The van der Waals surface area contributed by atoms with E-state index in [1.165, 1.54) is 0 Å². The highest BCUT2D eigenvalue weighted by atomic mass is 16.5. The Morgan fingerprint density at radius 3 is 2.14 bits per heavy atom. The van der Waals surface area contributed by atoms with Crippen LogP contribution in [0.4, 0.5) is 11.4 Å². The number of nitrogens with one attached hydrogen (secondary N) is 1. The van der Waals surface area contributed by atoms with Crippen LogP contribution in [0.2, 0.25) is 0 Å². The first-order chi connectivity index (χ1) is 13.7. The molecule has 3 rings (SSSR count). The number of amides is 1. The fourth-order valence-electron chi connectivity index (χ4n) is 2.97. The molecule has 0 radical (unpaired) electrons. The fourth-order valence-corrected chi connectivity index (χ4v) is 2.97. The summed E-state index contributed by atoms with van der Waals surface area (Å²) in [6.07, 6.45) is 0. The van der Waals surface area contributed by atoms with Crippen molar-refractivity contribution in [1.29, 1.82) is 0 Å². The van der Waals surface area contributed by atoms with Gasteiger partial charge >= 0.3 is 0 Å². The van der Waals surface area contributed by atoms with Gasteiger partial charge in [0.2, 0.25) is 5.91 Å². The van der Waals surface area contributed by atoms with Gasteiger partial charge in [0.15, 0.2) is 11.5 Å². The normalized spacial score (nSPS) is 10.2. The quantitative estimate of drug-likeness (QED) is 0.635. The Hall–Kier alpha value is -3.47. The lowest BCUT2D eigenvalue weighted by Crippen LogP contribution is -2.32. The van der Waals surface area contributed by atoms with E-state index in [9.17, 15) is 4.79 Å². The van der Waals surface area contributed by atoms with Gasteiger partial charge in [-0.15, -0.1) is 0 Å². The number of ether oxygens (including phenoxy) is 2. The van der Waals surface area contributed by atoms with E-state index < -0.39 is 0 Å². The number of carbonyl (C=O) groups is 1. The molecule has 0 aliphatic rings. The van der Waals surface area contributed by atoms with Crippen LogP contribution in [0.25, 0.3) is 0 Å². The molecule has 28 heavy (non-hydrogen) atoms. The van der Waals surface area contributed by atoms with Crippen molar-refractivity contribution >= 4 is 17.3 Å². The van der Waals surface area contributed by atoms with Crippen molar-refractivity contribution in [2.75, 3.05) is 31.0 Å². The number of hydrogen-bond donors (Lipinski definition) is 1. The van der Waals surface area contributed by atoms with Gasteiger partial charge in [-0.25, -0.2) is 0 Å². The Labute approximate surface area is 165 Å². The first-order valence-electron chi connectivity index (χ1n) is 9.05. The van der Waals surface area contributed by atoms with Crippen LogP contribution in [-0.4, -0.2) is 26.7 Å². The summed E-state index contributed by atoms with van der Waals surface area (Å²) in [6.45, 7) is 0.872. The molecule has 0 spiro atoms. The standard InChI is InChI=1S/C23H24N2O3/c1-27-21-14-13-19(15-22(21)28-2)24-23(26)17-25(20-11-7-4-8-12-20)16-18-9-5-3-6-10-18/h3-15H,16-17H2,1-2H3,(H,24,26). The number of benzene rings is 3. The molecule has 3 aromatic rings. The molecule has 0 atom stereocenters. The number of hydrogen-bond acceptors (Lipinski definition) is 4. The molecule has 0 heterocycles. The monoisotopic (exact) mass is 376 g/mol. The number of rotatable bonds is 8. The van der Waals surface area contributed by atoms with Gasteiger partial charge in [-0.05, 0) is 29.8 Å². The van der Waals surface area contributed by atoms with Crippen LogP contribution in [0, 0.1) is 0 Å². The predicted molar refractivity (Wildman–Crippen MR) is 112 cm³/mol. The zero-order valence-electron chi connectivity index (χ0n) is 16.1. The van der Waals surface area contributed by atoms with Gasteiger partial charge in [-0.3, -0.25) is 4.79 Å². The lowest BCUT2D eigenvalue weighted by atomic mass is 10.2. The summed E-state index contributed by atoms with van der Waals surface area (Å²) in [5, 5.41) is 2.94. The number of carbonyl (C=O) groups excluding carboxylic acids is 1. The Bertz CT molecular complexity index is 898. The molecular formula is C23H24N2O3. The number of nitrogens with zero attached hydrogens (tertiary/aromatic N) is 1. The molecular weight excluding hydrogens is 352 g/mol. The molecule has 0 aliphatic heterocycles. The summed E-state index contributed by atoms with van der Waals surface area (Å²) in [4.78, 5) is 14.8. The molecule has 144 valence electrons. The van der Waals surface area contributed by atoms with Crippen LogP contribution in [0.3, 0.4) is 0 Å². The largest absolute Gasteiger partial charge is 0.493 e. The molecule has 0 fully saturated rings. The SMILES string of the molecule is COc1ccc(NC(=O)CN(Cc2ccccc2)c2ccccc2)cc1OC. The Morgan fingerprint density at radius 2 is 1.50 bits per heavy atom. The molecule has 0 bridgehead atoms. The minimum Gasteiger partial charge on any atom is -0.493 e. The Kier molecular flexibility index (Phi) is 6.52. The van der Waals surface area contributed by atoms with Gasteiger partial charge in [0, 0.05) is 24.0 Å². The first-order valence-corrected chi connectivity index (χ1v) is 9.05. The van der Waals surface area contributed by atoms with Crippen molar-refractivity contribution in [3.63, 3.8) is 0 Å². The third-order valence-corrected chi connectivity index (χ3v) is 4.34. The van der Waals surface area contributed by atoms with Crippen LogP contribution in [0.1, 0.15) is 5.56 Å². The first kappa shape index (κ1) is 19.3. The maximum absolute atomic E-state index is 12.7. The van der Waals surface area contributed by atoms with Crippen LogP contribution < -0.4 is 19.7 Å². The van der Waals surface area contributed by atoms with Gasteiger partial charge < -0.3 is 19.7 Å². The van der Waals surface area contributed by atoms with Gasteiger partial charge in [0.1, 0.15) is 0 Å². The third-order valence-electron chi connectivity index (χ3n) is 4.34. The van der Waals surface area contributed by atoms with Gasteiger partial charge in [0.05, 0.1) is 20.8 Å². The zero-order chi connectivity index (χ0) is 19.8. The highest BCUT2D eigenvalue weighted by Gasteiger charge is 2.13. The lowest BCUT2D eigenvalue weighted by molar-refractivity contribution is -0.115. The zero-order valence-corrected chi connectivity index (χ0v) is 16.1. The van der Waals surface area contributed by atoms with Crippen molar-refractivity contribution in [2.24, 2.45) is 0 Å². The van der Waals surface area contributed by atoms with E-state index in [0.717, 1.165) is 11.3 Å². The molecule has 5 nitrogen and oxygen atoms in total. The molecule has 3 aromatic carbocycles. The van der Waals surface area contributed by atoms with Crippen LogP contribution in [0.15, 0.2) is 78.9 Å². The maximum atomic E-state index is 12.7. The summed E-state index contributed by atoms with van der Waals surface area (Å²) >= 11 is 0. The molecule has 0 saturated carbocycles. The van der Waals surface area contributed by atoms with E-state index >= 15 is 0 Å². The minimum absolute atomic E-state index is 0.105. The second kappa shape index (κ2) is 9.46. The summed E-state index contributed by atoms with van der Waals surface area (Å²) in [5.74, 6) is 1.09. The predicted octanol–water partition coefficient (Wildman–Crippen LogP) is 4.35. The van der Waals surface area contributed by atoms with Gasteiger partial charge in [-0.1, -0.05) is 48.5 Å². The van der Waals surface area contributed by atoms with Crippen LogP contribution >= 0.6 is 0 Å². The van der Waals surface area contributed by atoms with Gasteiger partial charge in [-0.2, -0.15) is 0 Å². The smallest absolute Gasteiger partial charge is 0.243 e. The molecule has 0 aliphatic carbocycles. The molecule has 0 unspecified atom stereocenters. The topological polar surface area (TPSA) is 50.8 Å². The van der Waals surface area contributed by atoms with E-state index in [1.807, 2.05) is 53.4 Å². The molecule has 1 N–H and O–H groups in total. The van der Waals surface area contributed by atoms with Crippen molar-refractivity contribution in [3.05, 3.63) is 84.4 Å². The minimum atomic E-state index is -0.105. The van der Waals surface area contributed by atoms with Crippen LogP contribution in [-0.2, 0) is 11.3 Å². The van der Waals surface area contributed by atoms with Crippen molar-refractivity contribution < 1.29 is 14.3 Å². The molecule has 1 amide bonds. The summed E-state index contributed by atoms with van der Waals surface area (Å²) in [6, 6.07) is 25.3. The molecule has 5 heteroatoms. The second-order valence-electron chi connectivity index (χ2n) is 6.30. The summed E-state index contributed by atoms with van der Waals surface area (Å²) in [5.41, 5.74) is 2.80. The highest BCUT2D eigenvalue weighted by molar-refractivity contribution is 5.94. The average Bonchev–Trinajstić information content (AvgIpc) is 2.74. The molecule has 0 saturated heterocycles. The van der Waals surface area contributed by atoms with E-state index in [0.29, 0.717) is 23.7 Å². The van der Waals surface area contributed by atoms with Crippen LogP contribution in [0.5, 0.6) is 11.5 Å². The Morgan fingerprint density at radius 1 is 0.857 bits per heavy atom. The van der Waals surface area contributed by atoms with Gasteiger partial charge in [0.25, 0.3) is 0 Å². The van der Waals surface area contributed by atoms with E-state index in [4.69, 9.17) is 9.47 Å². The maximum Gasteiger partial charge on any atom is 0.243 e. The van der Waals surface area contributed by atoms with E-state index in [-0.39, 0.29) is 12.5 Å². The van der Waals surface area contributed by atoms with E-state index in [2.05, 4.69) is 17.4 Å². The average molecular weight is 376 g/mol. The van der Waals surface area contributed by atoms with Crippen molar-refractivity contribution in [1.82, 2.24) is 0 Å². The molecule has 0 aromatic heterocycles. The van der Waals surface area contributed by atoms with Crippen molar-refractivity contribution in [2.45, 2.75) is 6.54 Å². The van der Waals surface area contributed by atoms with Crippen molar-refractivity contribution in [3.8, 4) is 11.5 Å². The number of anilines is 2.